The summed E-state index contributed by atoms with van der Waals surface area (Å²) in [4.78, 5) is 4.74. The average molecular weight is 375 g/mol. The first-order chi connectivity index (χ1) is 8.69. The molecule has 4 heteroatoms. The van der Waals surface area contributed by atoms with Gasteiger partial charge in [-0.3, -0.25) is 0 Å². The van der Waals surface area contributed by atoms with Crippen molar-refractivity contribution in [3.05, 3.63) is 27.6 Å². The minimum atomic E-state index is 0.640. The maximum absolute atomic E-state index is 5.89. The van der Waals surface area contributed by atoms with E-state index in [9.17, 15) is 0 Å². The monoisotopic (exact) mass is 374 g/mol. The molecule has 2 unspecified atom stereocenters. The lowest BCUT2D eigenvalue weighted by Gasteiger charge is -2.07. The van der Waals surface area contributed by atoms with Crippen molar-refractivity contribution in [1.29, 1.82) is 0 Å². The highest BCUT2D eigenvalue weighted by Crippen LogP contribution is 2.40. The van der Waals surface area contributed by atoms with Crippen LogP contribution in [-0.4, -0.2) is 15.4 Å². The Bertz CT molecular complexity index is 578. The zero-order chi connectivity index (χ0) is 12.7. The molecule has 0 spiro atoms. The molecule has 2 nitrogen and oxygen atoms in total. The number of imidazole rings is 1. The third kappa shape index (κ3) is 2.39. The van der Waals surface area contributed by atoms with Gasteiger partial charge in [-0.25, -0.2) is 4.98 Å². The fourth-order valence-corrected chi connectivity index (χ4v) is 3.16. The average Bonchev–Trinajstić information content (AvgIpc) is 2.92. The number of hydrogen-bond donors (Lipinski definition) is 0. The highest BCUT2D eigenvalue weighted by molar-refractivity contribution is 14.1. The van der Waals surface area contributed by atoms with E-state index in [1.165, 1.54) is 15.5 Å². The van der Waals surface area contributed by atoms with Crippen LogP contribution < -0.4 is 0 Å². The highest BCUT2D eigenvalue weighted by Gasteiger charge is 2.33. The standard InChI is InChI=1S/C14H16ClIN2/c1-9-6-10(9)8-18-13-3-2-11(16)7-12(13)17-14(18)4-5-15/h2-3,7,9-10H,4-6,8H2,1H3. The Morgan fingerprint density at radius 1 is 1.50 bits per heavy atom. The summed E-state index contributed by atoms with van der Waals surface area (Å²) in [6, 6.07) is 6.50. The second-order valence-electron chi connectivity index (χ2n) is 5.18. The second kappa shape index (κ2) is 5.00. The summed E-state index contributed by atoms with van der Waals surface area (Å²) in [5.41, 5.74) is 2.37. The first-order valence-electron chi connectivity index (χ1n) is 6.39. The van der Waals surface area contributed by atoms with Crippen LogP contribution in [0.4, 0.5) is 0 Å². The predicted octanol–water partition coefficient (Wildman–Crippen LogP) is 4.08. The van der Waals surface area contributed by atoms with Crippen molar-refractivity contribution in [1.82, 2.24) is 9.55 Å². The lowest BCUT2D eigenvalue weighted by molar-refractivity contribution is 0.585. The molecule has 0 radical (unpaired) electrons. The minimum Gasteiger partial charge on any atom is -0.328 e. The number of halogens is 2. The maximum atomic E-state index is 5.89. The SMILES string of the molecule is CC1CC1Cn1c(CCCl)nc2cc(I)ccc21. The molecule has 3 rings (SSSR count). The van der Waals surface area contributed by atoms with Crippen LogP contribution in [0.1, 0.15) is 19.2 Å². The molecule has 1 fully saturated rings. The Morgan fingerprint density at radius 2 is 2.28 bits per heavy atom. The van der Waals surface area contributed by atoms with Gasteiger partial charge in [0.25, 0.3) is 0 Å². The van der Waals surface area contributed by atoms with Gasteiger partial charge < -0.3 is 4.57 Å². The molecular weight excluding hydrogens is 359 g/mol. The number of nitrogens with zero attached hydrogens (tertiary/aromatic N) is 2. The molecule has 0 N–H and O–H groups in total. The Balaban J connectivity index is 2.03. The number of fused-ring (bicyclic) bond motifs is 1. The Labute approximate surface area is 126 Å². The molecule has 2 atom stereocenters. The quantitative estimate of drug-likeness (QED) is 0.582. The van der Waals surface area contributed by atoms with E-state index >= 15 is 0 Å². The molecule has 1 heterocycles. The van der Waals surface area contributed by atoms with Crippen LogP contribution in [0.3, 0.4) is 0 Å². The number of hydrogen-bond acceptors (Lipinski definition) is 1. The van der Waals surface area contributed by atoms with E-state index < -0.39 is 0 Å². The van der Waals surface area contributed by atoms with Gasteiger partial charge in [-0.2, -0.15) is 0 Å². The summed E-state index contributed by atoms with van der Waals surface area (Å²) < 4.78 is 3.61. The summed E-state index contributed by atoms with van der Waals surface area (Å²) in [6.07, 6.45) is 2.21. The zero-order valence-corrected chi connectivity index (χ0v) is 13.3. The van der Waals surface area contributed by atoms with Gasteiger partial charge in [-0.1, -0.05) is 6.92 Å². The van der Waals surface area contributed by atoms with E-state index in [1.54, 1.807) is 0 Å². The largest absolute Gasteiger partial charge is 0.328 e. The van der Waals surface area contributed by atoms with Gasteiger partial charge in [0.2, 0.25) is 0 Å². The predicted molar refractivity (Wildman–Crippen MR) is 84.1 cm³/mol. The number of aryl methyl sites for hydroxylation is 1. The van der Waals surface area contributed by atoms with Crippen LogP contribution in [0.15, 0.2) is 18.2 Å². The number of alkyl halides is 1. The van der Waals surface area contributed by atoms with Crippen LogP contribution in [0, 0.1) is 15.4 Å². The van der Waals surface area contributed by atoms with Crippen molar-refractivity contribution in [3.63, 3.8) is 0 Å². The van der Waals surface area contributed by atoms with Gasteiger partial charge >= 0.3 is 0 Å². The summed E-state index contributed by atoms with van der Waals surface area (Å²) >= 11 is 8.23. The maximum Gasteiger partial charge on any atom is 0.111 e. The lowest BCUT2D eigenvalue weighted by atomic mass is 10.3. The Hall–Kier alpha value is -0.290. The Morgan fingerprint density at radius 3 is 2.94 bits per heavy atom. The topological polar surface area (TPSA) is 17.8 Å². The zero-order valence-electron chi connectivity index (χ0n) is 10.4. The second-order valence-corrected chi connectivity index (χ2v) is 6.81. The van der Waals surface area contributed by atoms with E-state index in [0.717, 1.165) is 36.1 Å². The molecule has 96 valence electrons. The van der Waals surface area contributed by atoms with Gasteiger partial charge in [-0.15, -0.1) is 11.6 Å². The normalized spacial score (nSPS) is 22.6. The van der Waals surface area contributed by atoms with Crippen LogP contribution in [0.25, 0.3) is 11.0 Å². The van der Waals surface area contributed by atoms with E-state index in [0.29, 0.717) is 5.88 Å². The summed E-state index contributed by atoms with van der Waals surface area (Å²) in [6.45, 7) is 3.43. The van der Waals surface area contributed by atoms with Crippen LogP contribution >= 0.6 is 34.2 Å². The molecule has 2 aromatic rings. The van der Waals surface area contributed by atoms with E-state index in [4.69, 9.17) is 16.6 Å². The van der Waals surface area contributed by atoms with E-state index in [-0.39, 0.29) is 0 Å². The molecule has 1 aliphatic carbocycles. The molecule has 1 aliphatic rings. The molecule has 0 bridgehead atoms. The van der Waals surface area contributed by atoms with Crippen molar-refractivity contribution in [2.75, 3.05) is 5.88 Å². The number of aromatic nitrogens is 2. The van der Waals surface area contributed by atoms with Gasteiger partial charge in [0.1, 0.15) is 5.82 Å². The summed E-state index contributed by atoms with van der Waals surface area (Å²) in [7, 11) is 0. The fourth-order valence-electron chi connectivity index (χ4n) is 2.52. The van der Waals surface area contributed by atoms with E-state index in [1.807, 2.05) is 0 Å². The number of rotatable bonds is 4. The van der Waals surface area contributed by atoms with Crippen LogP contribution in [0.2, 0.25) is 0 Å². The first kappa shape index (κ1) is 12.7. The third-order valence-electron chi connectivity index (χ3n) is 3.80. The van der Waals surface area contributed by atoms with Crippen molar-refractivity contribution in [2.24, 2.45) is 11.8 Å². The fraction of sp³-hybridized carbons (Fsp3) is 0.500. The third-order valence-corrected chi connectivity index (χ3v) is 4.66. The highest BCUT2D eigenvalue weighted by atomic mass is 127. The number of benzene rings is 1. The lowest BCUT2D eigenvalue weighted by Crippen LogP contribution is -2.06. The van der Waals surface area contributed by atoms with Gasteiger partial charge in [0.15, 0.2) is 0 Å². The molecule has 0 amide bonds. The van der Waals surface area contributed by atoms with E-state index in [2.05, 4.69) is 52.3 Å². The van der Waals surface area contributed by atoms with Crippen LogP contribution in [0.5, 0.6) is 0 Å². The minimum absolute atomic E-state index is 0.640. The molecule has 18 heavy (non-hydrogen) atoms. The summed E-state index contributed by atoms with van der Waals surface area (Å²) in [5, 5.41) is 0. The molecule has 0 aliphatic heterocycles. The molecule has 1 aromatic heterocycles. The van der Waals surface area contributed by atoms with Gasteiger partial charge in [-0.05, 0) is 59.0 Å². The van der Waals surface area contributed by atoms with Gasteiger partial charge in [0, 0.05) is 22.4 Å². The first-order valence-corrected chi connectivity index (χ1v) is 8.01. The molecular formula is C14H16ClIN2. The van der Waals surface area contributed by atoms with Crippen molar-refractivity contribution in [2.45, 2.75) is 26.3 Å². The summed E-state index contributed by atoms with van der Waals surface area (Å²) in [5.74, 6) is 3.48. The van der Waals surface area contributed by atoms with Crippen LogP contribution in [-0.2, 0) is 13.0 Å². The molecule has 1 aromatic carbocycles. The molecule has 0 saturated heterocycles. The molecule has 1 saturated carbocycles. The smallest absolute Gasteiger partial charge is 0.111 e. The van der Waals surface area contributed by atoms with Gasteiger partial charge in [0.05, 0.1) is 11.0 Å². The van der Waals surface area contributed by atoms with Crippen molar-refractivity contribution >= 4 is 45.2 Å². The Kier molecular flexibility index (Phi) is 3.54. The van der Waals surface area contributed by atoms with Crippen molar-refractivity contribution < 1.29 is 0 Å². The van der Waals surface area contributed by atoms with Crippen molar-refractivity contribution in [3.8, 4) is 0 Å².